The highest BCUT2D eigenvalue weighted by atomic mass is 16.5. The van der Waals surface area contributed by atoms with Gasteiger partial charge in [0.1, 0.15) is 0 Å². The minimum atomic E-state index is -0.321. The normalized spacial score (nSPS) is 11.1. The summed E-state index contributed by atoms with van der Waals surface area (Å²) in [5.74, 6) is 1.72. The number of carbonyl (C=O) groups is 1. The maximum atomic E-state index is 12.3. The molecule has 0 radical (unpaired) electrons. The Morgan fingerprint density at radius 3 is 2.17 bits per heavy atom. The summed E-state index contributed by atoms with van der Waals surface area (Å²) in [6.45, 7) is 4.51. The average molecular weight is 338 g/mol. The van der Waals surface area contributed by atoms with Gasteiger partial charge in [-0.3, -0.25) is 4.79 Å². The van der Waals surface area contributed by atoms with E-state index in [9.17, 15) is 4.79 Å². The molecule has 24 heavy (non-hydrogen) atoms. The summed E-state index contributed by atoms with van der Waals surface area (Å²) in [4.78, 5) is 12.3. The lowest BCUT2D eigenvalue weighted by atomic mass is 9.92. The number of hydrogen-bond donors (Lipinski definition) is 2. The molecule has 0 saturated carbocycles. The van der Waals surface area contributed by atoms with Crippen molar-refractivity contribution in [3.8, 4) is 17.2 Å². The highest BCUT2D eigenvalue weighted by molar-refractivity contribution is 5.77. The lowest BCUT2D eigenvalue weighted by molar-refractivity contribution is -0.123. The van der Waals surface area contributed by atoms with Gasteiger partial charge in [0, 0.05) is 13.0 Å². The van der Waals surface area contributed by atoms with Crippen molar-refractivity contribution < 1.29 is 19.0 Å². The van der Waals surface area contributed by atoms with Crippen LogP contribution < -0.4 is 25.3 Å². The van der Waals surface area contributed by atoms with E-state index in [0.29, 0.717) is 36.6 Å². The average Bonchev–Trinajstić information content (AvgIpc) is 2.63. The van der Waals surface area contributed by atoms with Gasteiger partial charge >= 0.3 is 0 Å². The van der Waals surface area contributed by atoms with Crippen LogP contribution in [0.25, 0.3) is 0 Å². The number of amides is 1. The lowest BCUT2D eigenvalue weighted by Gasteiger charge is -2.31. The molecule has 1 aromatic rings. The molecule has 6 heteroatoms. The van der Waals surface area contributed by atoms with Crippen molar-refractivity contribution in [2.75, 3.05) is 27.9 Å². The maximum Gasteiger partial charge on any atom is 0.220 e. The van der Waals surface area contributed by atoms with Crippen molar-refractivity contribution in [3.63, 3.8) is 0 Å². The van der Waals surface area contributed by atoms with Crippen molar-refractivity contribution in [3.05, 3.63) is 17.7 Å². The molecule has 1 aromatic carbocycles. The summed E-state index contributed by atoms with van der Waals surface area (Å²) in [5, 5.41) is 3.08. The first-order chi connectivity index (χ1) is 11.5. The molecule has 0 spiro atoms. The van der Waals surface area contributed by atoms with E-state index >= 15 is 0 Å². The second kappa shape index (κ2) is 9.37. The van der Waals surface area contributed by atoms with Crippen LogP contribution in [0.3, 0.4) is 0 Å². The van der Waals surface area contributed by atoms with Crippen LogP contribution in [0.4, 0.5) is 0 Å². The van der Waals surface area contributed by atoms with Crippen LogP contribution in [-0.2, 0) is 11.2 Å². The van der Waals surface area contributed by atoms with Crippen LogP contribution in [-0.4, -0.2) is 39.3 Å². The molecule has 0 saturated heterocycles. The second-order valence-corrected chi connectivity index (χ2v) is 5.73. The van der Waals surface area contributed by atoms with Crippen molar-refractivity contribution in [2.45, 2.75) is 45.1 Å². The monoisotopic (exact) mass is 338 g/mol. The Kier molecular flexibility index (Phi) is 7.85. The van der Waals surface area contributed by atoms with Gasteiger partial charge in [-0.1, -0.05) is 19.9 Å². The number of carbonyl (C=O) groups excluding carboxylic acids is 1. The molecule has 0 atom stereocenters. The Bertz CT molecular complexity index is 534. The van der Waals surface area contributed by atoms with Gasteiger partial charge in [0.25, 0.3) is 0 Å². The molecule has 0 aliphatic rings. The zero-order valence-electron chi connectivity index (χ0n) is 15.4. The molecule has 1 amide bonds. The van der Waals surface area contributed by atoms with E-state index in [4.69, 9.17) is 19.9 Å². The summed E-state index contributed by atoms with van der Waals surface area (Å²) in [5.41, 5.74) is 6.41. The fraction of sp³-hybridized carbons (Fsp3) is 0.611. The van der Waals surface area contributed by atoms with E-state index in [0.717, 1.165) is 18.4 Å². The van der Waals surface area contributed by atoms with Gasteiger partial charge in [-0.25, -0.2) is 0 Å². The Balaban J connectivity index is 2.85. The Hall–Kier alpha value is -1.95. The summed E-state index contributed by atoms with van der Waals surface area (Å²) < 4.78 is 16.1. The second-order valence-electron chi connectivity index (χ2n) is 5.73. The Morgan fingerprint density at radius 2 is 1.71 bits per heavy atom. The van der Waals surface area contributed by atoms with Crippen LogP contribution in [0.5, 0.6) is 17.2 Å². The summed E-state index contributed by atoms with van der Waals surface area (Å²) in [6.07, 6.45) is 2.52. The molecule has 0 bridgehead atoms. The largest absolute Gasteiger partial charge is 0.493 e. The van der Waals surface area contributed by atoms with Crippen molar-refractivity contribution in [2.24, 2.45) is 5.73 Å². The molecule has 1 rings (SSSR count). The highest BCUT2D eigenvalue weighted by Gasteiger charge is 2.26. The molecule has 6 nitrogen and oxygen atoms in total. The van der Waals surface area contributed by atoms with E-state index < -0.39 is 0 Å². The van der Waals surface area contributed by atoms with Crippen LogP contribution >= 0.6 is 0 Å². The third-order valence-corrected chi connectivity index (χ3v) is 4.56. The summed E-state index contributed by atoms with van der Waals surface area (Å²) in [7, 11) is 4.72. The smallest absolute Gasteiger partial charge is 0.220 e. The van der Waals surface area contributed by atoms with Crippen LogP contribution in [0.15, 0.2) is 12.1 Å². The zero-order chi connectivity index (χ0) is 18.2. The van der Waals surface area contributed by atoms with Gasteiger partial charge in [-0.2, -0.15) is 0 Å². The van der Waals surface area contributed by atoms with Crippen molar-refractivity contribution in [1.29, 1.82) is 0 Å². The number of methoxy groups -OCH3 is 3. The topological polar surface area (TPSA) is 82.8 Å². The zero-order valence-corrected chi connectivity index (χ0v) is 15.4. The molecule has 0 heterocycles. The number of nitrogens with one attached hydrogen (secondary N) is 1. The molecule has 0 aromatic heterocycles. The molecular weight excluding hydrogens is 308 g/mol. The van der Waals surface area contributed by atoms with Gasteiger partial charge in [0.2, 0.25) is 11.7 Å². The number of benzene rings is 1. The molecule has 136 valence electrons. The van der Waals surface area contributed by atoms with Crippen LogP contribution in [0.1, 0.15) is 38.7 Å². The quantitative estimate of drug-likeness (QED) is 0.684. The fourth-order valence-electron chi connectivity index (χ4n) is 2.73. The van der Waals surface area contributed by atoms with Gasteiger partial charge in [0.05, 0.1) is 26.9 Å². The van der Waals surface area contributed by atoms with E-state index in [-0.39, 0.29) is 11.4 Å². The number of ether oxygens (including phenoxy) is 3. The van der Waals surface area contributed by atoms with E-state index in [1.165, 1.54) is 0 Å². The van der Waals surface area contributed by atoms with Crippen LogP contribution in [0, 0.1) is 0 Å². The lowest BCUT2D eigenvalue weighted by Crippen LogP contribution is -2.52. The van der Waals surface area contributed by atoms with Crippen molar-refractivity contribution in [1.82, 2.24) is 5.32 Å². The van der Waals surface area contributed by atoms with E-state index in [1.807, 2.05) is 26.0 Å². The minimum absolute atomic E-state index is 0.0130. The maximum absolute atomic E-state index is 12.3. The Labute approximate surface area is 144 Å². The Morgan fingerprint density at radius 1 is 1.08 bits per heavy atom. The standard InChI is InChI=1S/C18H30N2O4/c1-6-18(7-2,12-19)20-15(21)11-9-13-8-10-14(22-3)17(24-5)16(13)23-4/h8,10H,6-7,9,11-12,19H2,1-5H3,(H,20,21). The number of hydrogen-bond acceptors (Lipinski definition) is 5. The molecule has 0 fully saturated rings. The first-order valence-electron chi connectivity index (χ1n) is 8.29. The van der Waals surface area contributed by atoms with E-state index in [2.05, 4.69) is 5.32 Å². The number of nitrogens with two attached hydrogens (primary N) is 1. The molecule has 0 aliphatic carbocycles. The first-order valence-corrected chi connectivity index (χ1v) is 8.29. The molecular formula is C18H30N2O4. The van der Waals surface area contributed by atoms with Gasteiger partial charge in [0.15, 0.2) is 11.5 Å². The molecule has 0 aliphatic heterocycles. The van der Waals surface area contributed by atoms with Crippen LogP contribution in [0.2, 0.25) is 0 Å². The molecule has 0 unspecified atom stereocenters. The highest BCUT2D eigenvalue weighted by Crippen LogP contribution is 2.40. The van der Waals surface area contributed by atoms with E-state index in [1.54, 1.807) is 21.3 Å². The molecule has 3 N–H and O–H groups in total. The first kappa shape index (κ1) is 20.1. The fourth-order valence-corrected chi connectivity index (χ4v) is 2.73. The predicted octanol–water partition coefficient (Wildman–Crippen LogP) is 2.28. The third-order valence-electron chi connectivity index (χ3n) is 4.56. The van der Waals surface area contributed by atoms with Gasteiger partial charge in [-0.15, -0.1) is 0 Å². The SMILES string of the molecule is CCC(CC)(CN)NC(=O)CCc1ccc(OC)c(OC)c1OC. The number of aryl methyl sites for hydroxylation is 1. The number of rotatable bonds is 10. The summed E-state index contributed by atoms with van der Waals surface area (Å²) in [6, 6.07) is 3.71. The van der Waals surface area contributed by atoms with Crippen molar-refractivity contribution >= 4 is 5.91 Å². The van der Waals surface area contributed by atoms with Gasteiger partial charge < -0.3 is 25.3 Å². The predicted molar refractivity (Wildman–Crippen MR) is 94.9 cm³/mol. The minimum Gasteiger partial charge on any atom is -0.493 e. The third kappa shape index (κ3) is 4.54. The van der Waals surface area contributed by atoms with Gasteiger partial charge in [-0.05, 0) is 30.9 Å². The summed E-state index contributed by atoms with van der Waals surface area (Å²) >= 11 is 0.